The highest BCUT2D eigenvalue weighted by molar-refractivity contribution is 5.78. The Kier molecular flexibility index (Phi) is 4.00. The molecular formula is C12H25N3. The molecule has 0 spiro atoms. The van der Waals surface area contributed by atoms with Crippen molar-refractivity contribution in [3.05, 3.63) is 0 Å². The maximum absolute atomic E-state index is 5.81. The van der Waals surface area contributed by atoms with Crippen molar-refractivity contribution in [1.82, 2.24) is 5.32 Å². The van der Waals surface area contributed by atoms with E-state index in [4.69, 9.17) is 5.73 Å². The van der Waals surface area contributed by atoms with Crippen molar-refractivity contribution < 1.29 is 0 Å². The minimum absolute atomic E-state index is 0.369. The van der Waals surface area contributed by atoms with E-state index in [1.807, 2.05) is 0 Å². The van der Waals surface area contributed by atoms with E-state index in [1.54, 1.807) is 0 Å². The predicted octanol–water partition coefficient (Wildman–Crippen LogP) is 2.27. The molecule has 0 saturated heterocycles. The summed E-state index contributed by atoms with van der Waals surface area (Å²) in [5, 5.41) is 3.14. The predicted molar refractivity (Wildman–Crippen MR) is 65.9 cm³/mol. The summed E-state index contributed by atoms with van der Waals surface area (Å²) in [7, 11) is 0. The van der Waals surface area contributed by atoms with Gasteiger partial charge >= 0.3 is 0 Å². The van der Waals surface area contributed by atoms with Gasteiger partial charge in [-0.2, -0.15) is 0 Å². The Bertz CT molecular complexity index is 221. The van der Waals surface area contributed by atoms with Crippen molar-refractivity contribution in [2.75, 3.05) is 0 Å². The van der Waals surface area contributed by atoms with Crippen LogP contribution in [0.25, 0.3) is 0 Å². The largest absolute Gasteiger partial charge is 0.370 e. The summed E-state index contributed by atoms with van der Waals surface area (Å²) in [6.07, 6.45) is 4.87. The van der Waals surface area contributed by atoms with Crippen LogP contribution in [0.15, 0.2) is 4.99 Å². The van der Waals surface area contributed by atoms with E-state index < -0.39 is 0 Å². The van der Waals surface area contributed by atoms with Gasteiger partial charge in [0.2, 0.25) is 0 Å². The number of nitrogens with two attached hydrogens (primary N) is 1. The average molecular weight is 211 g/mol. The van der Waals surface area contributed by atoms with Gasteiger partial charge < -0.3 is 11.1 Å². The summed E-state index contributed by atoms with van der Waals surface area (Å²) in [6.45, 7) is 8.82. The van der Waals surface area contributed by atoms with Crippen molar-refractivity contribution >= 4 is 5.96 Å². The molecular weight excluding hydrogens is 186 g/mol. The molecule has 3 nitrogen and oxygen atoms in total. The summed E-state index contributed by atoms with van der Waals surface area (Å²) in [5.41, 5.74) is 6.32. The van der Waals surface area contributed by atoms with E-state index in [0.29, 0.717) is 23.5 Å². The van der Waals surface area contributed by atoms with Crippen molar-refractivity contribution in [3.63, 3.8) is 0 Å². The van der Waals surface area contributed by atoms with Crippen LogP contribution in [0.1, 0.15) is 53.4 Å². The van der Waals surface area contributed by atoms with E-state index in [2.05, 4.69) is 38.0 Å². The molecule has 0 aromatic carbocycles. The van der Waals surface area contributed by atoms with Gasteiger partial charge in [0.15, 0.2) is 5.96 Å². The zero-order valence-corrected chi connectivity index (χ0v) is 10.5. The van der Waals surface area contributed by atoms with Crippen LogP contribution >= 0.6 is 0 Å². The van der Waals surface area contributed by atoms with Gasteiger partial charge in [0, 0.05) is 6.04 Å². The fourth-order valence-electron chi connectivity index (χ4n) is 2.04. The van der Waals surface area contributed by atoms with Gasteiger partial charge in [-0.3, -0.25) is 4.99 Å². The molecule has 0 aliphatic heterocycles. The monoisotopic (exact) mass is 211 g/mol. The molecule has 0 amide bonds. The summed E-state index contributed by atoms with van der Waals surface area (Å²) < 4.78 is 0. The van der Waals surface area contributed by atoms with Gasteiger partial charge in [-0.25, -0.2) is 0 Å². The summed E-state index contributed by atoms with van der Waals surface area (Å²) in [6, 6.07) is 0.804. The van der Waals surface area contributed by atoms with Crippen LogP contribution in [-0.2, 0) is 0 Å². The molecule has 1 rings (SSSR count). The standard InChI is InChI=1S/C12H25N3/c1-9(2)14-11(13)15-10-5-7-12(3,4)8-6-10/h9-10H,5-8H2,1-4H3,(H3,13,14,15). The van der Waals surface area contributed by atoms with Crippen molar-refractivity contribution in [2.45, 2.75) is 65.5 Å². The number of rotatable bonds is 2. The van der Waals surface area contributed by atoms with E-state index in [9.17, 15) is 0 Å². The molecule has 0 heterocycles. The fraction of sp³-hybridized carbons (Fsp3) is 0.917. The van der Waals surface area contributed by atoms with Gasteiger partial charge in [0.25, 0.3) is 0 Å². The summed E-state index contributed by atoms with van der Waals surface area (Å²) in [4.78, 5) is 4.53. The average Bonchev–Trinajstić information content (AvgIpc) is 2.07. The highest BCUT2D eigenvalue weighted by Crippen LogP contribution is 2.36. The first-order chi connectivity index (χ1) is 6.89. The number of aliphatic imine (C=N–C) groups is 1. The summed E-state index contributed by atoms with van der Waals surface area (Å²) in [5.74, 6) is 0.606. The molecule has 1 saturated carbocycles. The second-order valence-corrected chi connectivity index (χ2v) is 5.71. The molecule has 0 radical (unpaired) electrons. The Morgan fingerprint density at radius 3 is 2.33 bits per heavy atom. The second-order valence-electron chi connectivity index (χ2n) is 5.71. The third kappa shape index (κ3) is 4.54. The maximum atomic E-state index is 5.81. The SMILES string of the molecule is CC(C)NC(N)=NC1CCC(C)(C)CC1. The third-order valence-electron chi connectivity index (χ3n) is 3.07. The Morgan fingerprint density at radius 1 is 1.33 bits per heavy atom. The van der Waals surface area contributed by atoms with Crippen LogP contribution < -0.4 is 11.1 Å². The van der Waals surface area contributed by atoms with E-state index in [1.165, 1.54) is 25.7 Å². The molecule has 0 atom stereocenters. The molecule has 1 aliphatic carbocycles. The lowest BCUT2D eigenvalue weighted by Gasteiger charge is -2.32. The minimum atomic E-state index is 0.369. The third-order valence-corrected chi connectivity index (χ3v) is 3.07. The van der Waals surface area contributed by atoms with Gasteiger partial charge in [-0.05, 0) is 44.9 Å². The lowest BCUT2D eigenvalue weighted by molar-refractivity contribution is 0.226. The number of nitrogens with one attached hydrogen (secondary N) is 1. The van der Waals surface area contributed by atoms with Gasteiger partial charge in [-0.15, -0.1) is 0 Å². The lowest BCUT2D eigenvalue weighted by Crippen LogP contribution is -2.38. The van der Waals surface area contributed by atoms with Gasteiger partial charge in [-0.1, -0.05) is 13.8 Å². The van der Waals surface area contributed by atoms with Crippen molar-refractivity contribution in [3.8, 4) is 0 Å². The first kappa shape index (κ1) is 12.3. The molecule has 0 unspecified atom stereocenters. The number of guanidine groups is 1. The zero-order chi connectivity index (χ0) is 11.5. The molecule has 0 bridgehead atoms. The lowest BCUT2D eigenvalue weighted by atomic mass is 9.76. The van der Waals surface area contributed by atoms with Crippen LogP contribution in [0.4, 0.5) is 0 Å². The molecule has 3 N–H and O–H groups in total. The molecule has 0 aromatic heterocycles. The molecule has 1 fully saturated rings. The number of hydrogen-bond acceptors (Lipinski definition) is 1. The number of hydrogen-bond donors (Lipinski definition) is 2. The van der Waals surface area contributed by atoms with E-state index in [-0.39, 0.29) is 0 Å². The quantitative estimate of drug-likeness (QED) is 0.544. The van der Waals surface area contributed by atoms with E-state index in [0.717, 1.165) is 0 Å². The Hall–Kier alpha value is -0.730. The molecule has 15 heavy (non-hydrogen) atoms. The highest BCUT2D eigenvalue weighted by atomic mass is 15.1. The number of nitrogens with zero attached hydrogens (tertiary/aromatic N) is 1. The smallest absolute Gasteiger partial charge is 0.189 e. The minimum Gasteiger partial charge on any atom is -0.370 e. The van der Waals surface area contributed by atoms with E-state index >= 15 is 0 Å². The maximum Gasteiger partial charge on any atom is 0.189 e. The Balaban J connectivity index is 2.40. The molecule has 1 aliphatic rings. The Labute approximate surface area is 93.5 Å². The van der Waals surface area contributed by atoms with Gasteiger partial charge in [0.1, 0.15) is 0 Å². The fourth-order valence-corrected chi connectivity index (χ4v) is 2.04. The molecule has 3 heteroatoms. The zero-order valence-electron chi connectivity index (χ0n) is 10.5. The Morgan fingerprint density at radius 2 is 1.87 bits per heavy atom. The topological polar surface area (TPSA) is 50.4 Å². The van der Waals surface area contributed by atoms with Crippen LogP contribution in [0, 0.1) is 5.41 Å². The molecule has 0 aromatic rings. The van der Waals surface area contributed by atoms with Crippen molar-refractivity contribution in [2.24, 2.45) is 16.1 Å². The van der Waals surface area contributed by atoms with Crippen LogP contribution in [0.3, 0.4) is 0 Å². The normalized spacial score (nSPS) is 23.1. The first-order valence-electron chi connectivity index (χ1n) is 5.99. The van der Waals surface area contributed by atoms with Crippen LogP contribution in [0.5, 0.6) is 0 Å². The van der Waals surface area contributed by atoms with Crippen LogP contribution in [-0.4, -0.2) is 18.0 Å². The first-order valence-corrected chi connectivity index (χ1v) is 5.99. The van der Waals surface area contributed by atoms with Crippen molar-refractivity contribution in [1.29, 1.82) is 0 Å². The van der Waals surface area contributed by atoms with Crippen LogP contribution in [0.2, 0.25) is 0 Å². The second kappa shape index (κ2) is 4.86. The summed E-state index contributed by atoms with van der Waals surface area (Å²) >= 11 is 0. The highest BCUT2D eigenvalue weighted by Gasteiger charge is 2.26. The molecule has 88 valence electrons. The van der Waals surface area contributed by atoms with Gasteiger partial charge in [0.05, 0.1) is 6.04 Å².